The number of benzene rings is 2. The number of rotatable bonds is 5. The van der Waals surface area contributed by atoms with E-state index >= 15 is 0 Å². The molecule has 176 valence electrons. The van der Waals surface area contributed by atoms with Crippen LogP contribution >= 0.6 is 11.3 Å². The number of carbonyl (C=O) groups excluding carboxylic acids is 2. The van der Waals surface area contributed by atoms with Gasteiger partial charge in [-0.25, -0.2) is 8.42 Å². The van der Waals surface area contributed by atoms with Crippen molar-refractivity contribution in [3.05, 3.63) is 81.5 Å². The number of hydrogen-bond acceptors (Lipinski definition) is 6. The number of nitrogens with zero attached hydrogens (tertiary/aromatic N) is 1. The minimum absolute atomic E-state index is 0.0119. The number of nitrogens with one attached hydrogen (secondary N) is 1. The number of ketones is 1. The van der Waals surface area contributed by atoms with Crippen LogP contribution in [-0.2, 0) is 9.84 Å². The third-order valence-corrected chi connectivity index (χ3v) is 9.61. The lowest BCUT2D eigenvalue weighted by molar-refractivity contribution is 0.0913. The van der Waals surface area contributed by atoms with Crippen LogP contribution in [0.2, 0.25) is 0 Å². The molecule has 3 heterocycles. The molecule has 0 saturated carbocycles. The van der Waals surface area contributed by atoms with Crippen molar-refractivity contribution in [3.8, 4) is 0 Å². The van der Waals surface area contributed by atoms with Gasteiger partial charge in [0, 0.05) is 28.1 Å². The lowest BCUT2D eigenvalue weighted by atomic mass is 9.97. The average molecular weight is 495 g/mol. The average Bonchev–Trinajstić information content (AvgIpc) is 3.38. The normalized spacial score (nSPS) is 18.7. The summed E-state index contributed by atoms with van der Waals surface area (Å²) in [4.78, 5) is 29.4. The fourth-order valence-corrected chi connectivity index (χ4v) is 7.29. The van der Waals surface area contributed by atoms with Crippen molar-refractivity contribution >= 4 is 32.9 Å². The number of thiophene rings is 1. The van der Waals surface area contributed by atoms with Gasteiger partial charge in [-0.05, 0) is 73.6 Å². The van der Waals surface area contributed by atoms with E-state index in [2.05, 4.69) is 23.2 Å². The van der Waals surface area contributed by atoms with Gasteiger partial charge in [0.05, 0.1) is 15.8 Å². The Morgan fingerprint density at radius 1 is 1.06 bits per heavy atom. The van der Waals surface area contributed by atoms with Gasteiger partial charge >= 0.3 is 0 Å². The van der Waals surface area contributed by atoms with Crippen molar-refractivity contribution in [1.29, 1.82) is 0 Å². The van der Waals surface area contributed by atoms with E-state index in [1.807, 2.05) is 11.4 Å². The Bertz CT molecular complexity index is 1340. The van der Waals surface area contributed by atoms with E-state index in [0.717, 1.165) is 25.9 Å². The lowest BCUT2D eigenvalue weighted by Crippen LogP contribution is -2.41. The summed E-state index contributed by atoms with van der Waals surface area (Å²) < 4.78 is 26.4. The Kier molecular flexibility index (Phi) is 6.14. The molecule has 1 saturated heterocycles. The summed E-state index contributed by atoms with van der Waals surface area (Å²) in [6.45, 7) is 4.67. The molecule has 1 unspecified atom stereocenters. The van der Waals surface area contributed by atoms with Gasteiger partial charge in [0.25, 0.3) is 5.91 Å². The van der Waals surface area contributed by atoms with Crippen molar-refractivity contribution in [3.63, 3.8) is 0 Å². The standard InChI is InChI=1S/C26H26N2O4S2/c1-17-10-12-28(13-11-17)21(22-6-4-14-33-22)16-27-26(30)18-8-9-20-24(15-18)34(31,32)23-7-3-2-5-19(23)25(20)29/h2-9,14-15,17,21H,10-13,16H2,1H3,(H,27,30). The van der Waals surface area contributed by atoms with Crippen molar-refractivity contribution in [2.75, 3.05) is 19.6 Å². The largest absolute Gasteiger partial charge is 0.350 e. The molecule has 1 amide bonds. The maximum atomic E-state index is 13.2. The summed E-state index contributed by atoms with van der Waals surface area (Å²) >= 11 is 1.68. The van der Waals surface area contributed by atoms with E-state index in [0.29, 0.717) is 12.5 Å². The number of likely N-dealkylation sites (tertiary alicyclic amines) is 1. The van der Waals surface area contributed by atoms with Crippen molar-refractivity contribution in [2.24, 2.45) is 5.92 Å². The molecule has 3 aromatic rings. The molecule has 34 heavy (non-hydrogen) atoms. The molecule has 1 N–H and O–H groups in total. The fraction of sp³-hybridized carbons (Fsp3) is 0.308. The van der Waals surface area contributed by atoms with Gasteiger partial charge in [0.2, 0.25) is 9.84 Å². The third kappa shape index (κ3) is 4.10. The second kappa shape index (κ2) is 9.09. The van der Waals surface area contributed by atoms with E-state index < -0.39 is 9.84 Å². The minimum atomic E-state index is -3.89. The molecular formula is C26H26N2O4S2. The number of piperidine rings is 1. The molecule has 8 heteroatoms. The molecule has 2 aliphatic rings. The molecule has 2 aromatic carbocycles. The third-order valence-electron chi connectivity index (χ3n) is 6.79. The quantitative estimate of drug-likeness (QED) is 0.447. The fourth-order valence-electron chi connectivity index (χ4n) is 4.75. The van der Waals surface area contributed by atoms with Gasteiger partial charge in [0.1, 0.15) is 0 Å². The minimum Gasteiger partial charge on any atom is -0.350 e. The highest BCUT2D eigenvalue weighted by Crippen LogP contribution is 2.35. The van der Waals surface area contributed by atoms with Crippen LogP contribution in [0.1, 0.15) is 57.0 Å². The van der Waals surface area contributed by atoms with Gasteiger partial charge in [-0.1, -0.05) is 25.1 Å². The highest BCUT2D eigenvalue weighted by Gasteiger charge is 2.35. The molecule has 1 atom stereocenters. The molecule has 0 radical (unpaired) electrons. The second-order valence-electron chi connectivity index (χ2n) is 9.00. The van der Waals surface area contributed by atoms with Gasteiger partial charge in [-0.2, -0.15) is 0 Å². The SMILES string of the molecule is CC1CCN(C(CNC(=O)c2ccc3c(c2)S(=O)(=O)c2ccccc2C3=O)c2cccs2)CC1. The molecule has 1 fully saturated rings. The molecule has 5 rings (SSSR count). The summed E-state index contributed by atoms with van der Waals surface area (Å²) in [6.07, 6.45) is 2.27. The van der Waals surface area contributed by atoms with Crippen molar-refractivity contribution in [1.82, 2.24) is 10.2 Å². The van der Waals surface area contributed by atoms with E-state index in [1.54, 1.807) is 23.5 Å². The zero-order chi connectivity index (χ0) is 23.9. The Morgan fingerprint density at radius 2 is 1.79 bits per heavy atom. The Hall–Kier alpha value is -2.81. The van der Waals surface area contributed by atoms with Gasteiger partial charge < -0.3 is 5.32 Å². The molecule has 0 aliphatic carbocycles. The first-order valence-corrected chi connectivity index (χ1v) is 13.8. The molecule has 0 bridgehead atoms. The molecular weight excluding hydrogens is 468 g/mol. The number of fused-ring (bicyclic) bond motifs is 2. The maximum absolute atomic E-state index is 13.2. The second-order valence-corrected chi connectivity index (χ2v) is 11.9. The Balaban J connectivity index is 1.38. The number of sulfone groups is 1. The monoisotopic (exact) mass is 494 g/mol. The van der Waals surface area contributed by atoms with Gasteiger partial charge in [-0.3, -0.25) is 14.5 Å². The number of amides is 1. The van der Waals surface area contributed by atoms with Crippen LogP contribution in [0.15, 0.2) is 69.8 Å². The van der Waals surface area contributed by atoms with Crippen LogP contribution in [0.5, 0.6) is 0 Å². The Labute approximate surface area is 203 Å². The zero-order valence-corrected chi connectivity index (χ0v) is 20.5. The van der Waals surface area contributed by atoms with Crippen molar-refractivity contribution in [2.45, 2.75) is 35.6 Å². The van der Waals surface area contributed by atoms with Crippen molar-refractivity contribution < 1.29 is 18.0 Å². The van der Waals surface area contributed by atoms with E-state index in [-0.39, 0.29) is 44.2 Å². The van der Waals surface area contributed by atoms with Crippen LogP contribution in [0.4, 0.5) is 0 Å². The Morgan fingerprint density at radius 3 is 2.53 bits per heavy atom. The van der Waals surface area contributed by atoms with Crippen LogP contribution in [-0.4, -0.2) is 44.6 Å². The smallest absolute Gasteiger partial charge is 0.251 e. The zero-order valence-electron chi connectivity index (χ0n) is 18.9. The predicted octanol–water partition coefficient (Wildman–Crippen LogP) is 4.33. The van der Waals surface area contributed by atoms with Gasteiger partial charge in [-0.15, -0.1) is 11.3 Å². The first-order valence-electron chi connectivity index (χ1n) is 11.4. The number of hydrogen-bond donors (Lipinski definition) is 1. The van der Waals surface area contributed by atoms with Crippen LogP contribution in [0, 0.1) is 5.92 Å². The van der Waals surface area contributed by atoms with Crippen LogP contribution in [0.25, 0.3) is 0 Å². The summed E-state index contributed by atoms with van der Waals surface area (Å²) in [6, 6.07) is 14.7. The molecule has 2 aliphatic heterocycles. The predicted molar refractivity (Wildman–Crippen MR) is 131 cm³/mol. The highest BCUT2D eigenvalue weighted by atomic mass is 32.2. The van der Waals surface area contributed by atoms with Crippen LogP contribution < -0.4 is 5.32 Å². The lowest BCUT2D eigenvalue weighted by Gasteiger charge is -2.36. The summed E-state index contributed by atoms with van der Waals surface area (Å²) in [5.74, 6) is 0.0147. The molecule has 6 nitrogen and oxygen atoms in total. The van der Waals surface area contributed by atoms with E-state index in [9.17, 15) is 18.0 Å². The highest BCUT2D eigenvalue weighted by molar-refractivity contribution is 7.91. The maximum Gasteiger partial charge on any atom is 0.251 e. The van der Waals surface area contributed by atoms with Gasteiger partial charge in [0.15, 0.2) is 5.78 Å². The van der Waals surface area contributed by atoms with E-state index in [1.165, 1.54) is 35.2 Å². The van der Waals surface area contributed by atoms with E-state index in [4.69, 9.17) is 0 Å². The first kappa shape index (κ1) is 23.0. The summed E-state index contributed by atoms with van der Waals surface area (Å²) in [5, 5.41) is 5.05. The summed E-state index contributed by atoms with van der Waals surface area (Å²) in [5.41, 5.74) is 0.502. The molecule has 0 spiro atoms. The first-order chi connectivity index (χ1) is 16.4. The molecule has 1 aromatic heterocycles. The number of carbonyl (C=O) groups is 2. The summed E-state index contributed by atoms with van der Waals surface area (Å²) in [7, 11) is -3.89. The van der Waals surface area contributed by atoms with Crippen LogP contribution in [0.3, 0.4) is 0 Å². The topological polar surface area (TPSA) is 83.6 Å².